The number of amides is 1. The first kappa shape index (κ1) is 27.8. The smallest absolute Gasteiger partial charge is 0.251 e. The molecule has 0 aliphatic carbocycles. The Morgan fingerprint density at radius 3 is 2.49 bits per heavy atom. The number of ether oxygens (including phenoxy) is 1. The molecule has 0 spiro atoms. The van der Waals surface area contributed by atoms with E-state index in [1.807, 2.05) is 37.7 Å². The van der Waals surface area contributed by atoms with E-state index < -0.39 is 10.8 Å². The Kier molecular flexibility index (Phi) is 8.07. The van der Waals surface area contributed by atoms with Crippen molar-refractivity contribution in [2.24, 2.45) is 7.05 Å². The number of aryl methyl sites for hydroxylation is 3. The number of hydrogen-bond donors (Lipinski definition) is 2. The highest BCUT2D eigenvalue weighted by Gasteiger charge is 2.30. The van der Waals surface area contributed by atoms with E-state index in [4.69, 9.17) is 14.7 Å². The number of carbonyl (C=O) groups excluding carboxylic acids is 1. The van der Waals surface area contributed by atoms with Gasteiger partial charge in [-0.05, 0) is 63.1 Å². The normalized spacial score (nSPS) is 19.8. The molecule has 218 valence electrons. The lowest BCUT2D eigenvalue weighted by Gasteiger charge is -2.33. The van der Waals surface area contributed by atoms with Crippen molar-refractivity contribution >= 4 is 28.5 Å². The van der Waals surface area contributed by atoms with Gasteiger partial charge in [-0.1, -0.05) is 12.1 Å². The maximum atomic E-state index is 12.8. The van der Waals surface area contributed by atoms with Crippen molar-refractivity contribution in [3.8, 4) is 0 Å². The van der Waals surface area contributed by atoms with Gasteiger partial charge in [-0.2, -0.15) is 10.1 Å². The first-order valence-electron chi connectivity index (χ1n) is 14.6. The first-order chi connectivity index (χ1) is 19.9. The van der Waals surface area contributed by atoms with Crippen molar-refractivity contribution in [1.82, 2.24) is 25.1 Å². The maximum absolute atomic E-state index is 12.8. The zero-order chi connectivity index (χ0) is 28.5. The van der Waals surface area contributed by atoms with E-state index in [0.29, 0.717) is 23.8 Å². The van der Waals surface area contributed by atoms with Crippen LogP contribution in [0.2, 0.25) is 0 Å². The lowest BCUT2D eigenvalue weighted by Crippen LogP contribution is -2.35. The largest absolute Gasteiger partial charge is 0.381 e. The Labute approximate surface area is 243 Å². The number of hydrogen-bond acceptors (Lipinski definition) is 8. The topological polar surface area (TPSA) is 114 Å². The number of aromatic nitrogens is 4. The molecule has 0 radical (unpaired) electrons. The van der Waals surface area contributed by atoms with Crippen molar-refractivity contribution in [3.05, 3.63) is 58.0 Å². The molecule has 41 heavy (non-hydrogen) atoms. The van der Waals surface area contributed by atoms with Gasteiger partial charge in [-0.3, -0.25) is 13.7 Å². The van der Waals surface area contributed by atoms with E-state index >= 15 is 0 Å². The molecule has 11 heteroatoms. The molecular weight excluding hydrogens is 538 g/mol. The molecule has 3 aliphatic heterocycles. The van der Waals surface area contributed by atoms with Crippen LogP contribution in [-0.2, 0) is 35.5 Å². The van der Waals surface area contributed by atoms with Crippen LogP contribution in [-0.4, -0.2) is 68.0 Å². The lowest BCUT2D eigenvalue weighted by molar-refractivity contribution is 0.0903. The molecule has 1 unspecified atom stereocenters. The molecule has 1 aromatic carbocycles. The third-order valence-electron chi connectivity index (χ3n) is 8.74. The summed E-state index contributed by atoms with van der Waals surface area (Å²) >= 11 is 0. The number of rotatable bonds is 7. The molecule has 1 atom stereocenters. The van der Waals surface area contributed by atoms with Gasteiger partial charge in [0.25, 0.3) is 5.91 Å². The fourth-order valence-corrected chi connectivity index (χ4v) is 7.44. The van der Waals surface area contributed by atoms with E-state index in [9.17, 15) is 9.00 Å². The highest BCUT2D eigenvalue weighted by molar-refractivity contribution is 7.85. The second kappa shape index (κ2) is 11.9. The number of fused-ring (bicyclic) bond motifs is 1. The highest BCUT2D eigenvalue weighted by atomic mass is 32.2. The monoisotopic (exact) mass is 577 g/mol. The second-order valence-corrected chi connectivity index (χ2v) is 12.8. The zero-order valence-electron chi connectivity index (χ0n) is 24.1. The Hall–Kier alpha value is -3.31. The van der Waals surface area contributed by atoms with Gasteiger partial charge in [0.05, 0.1) is 22.2 Å². The fraction of sp³-hybridized carbons (Fsp3) is 0.533. The minimum Gasteiger partial charge on any atom is -0.381 e. The van der Waals surface area contributed by atoms with Gasteiger partial charge >= 0.3 is 0 Å². The SMILES string of the molecule is Cc1nn(C)c(C)c1CNC(=O)c1ccc(C2CCN(c3nc4c(c(NC5CCOCC5)n3)S(=O)CC4)CC2)cc1. The summed E-state index contributed by atoms with van der Waals surface area (Å²) in [4.78, 5) is 25.6. The number of nitrogens with zero attached hydrogens (tertiary/aromatic N) is 5. The summed E-state index contributed by atoms with van der Waals surface area (Å²) < 4.78 is 20.1. The Bertz CT molecular complexity index is 1440. The number of anilines is 2. The van der Waals surface area contributed by atoms with Crippen LogP contribution in [0.25, 0.3) is 0 Å². The average molecular weight is 578 g/mol. The Balaban J connectivity index is 1.08. The maximum Gasteiger partial charge on any atom is 0.251 e. The molecule has 3 aromatic rings. The molecule has 6 rings (SSSR count). The third kappa shape index (κ3) is 5.88. The molecule has 2 saturated heterocycles. The van der Waals surface area contributed by atoms with E-state index in [1.54, 1.807) is 0 Å². The van der Waals surface area contributed by atoms with E-state index in [0.717, 1.165) is 97.7 Å². The molecular formula is C30H39N7O3S. The van der Waals surface area contributed by atoms with Gasteiger partial charge in [-0.25, -0.2) is 4.98 Å². The Morgan fingerprint density at radius 2 is 1.80 bits per heavy atom. The van der Waals surface area contributed by atoms with Gasteiger partial charge in [0.1, 0.15) is 10.7 Å². The number of carbonyl (C=O) groups is 1. The molecule has 2 aromatic heterocycles. The molecule has 3 aliphatic rings. The summed E-state index contributed by atoms with van der Waals surface area (Å²) in [6.07, 6.45) is 4.56. The summed E-state index contributed by atoms with van der Waals surface area (Å²) in [7, 11) is 0.873. The second-order valence-electron chi connectivity index (χ2n) is 11.3. The van der Waals surface area contributed by atoms with Crippen LogP contribution >= 0.6 is 0 Å². The molecule has 0 saturated carbocycles. The van der Waals surface area contributed by atoms with E-state index in [2.05, 4.69) is 32.8 Å². The van der Waals surface area contributed by atoms with Gasteiger partial charge in [0, 0.05) is 74.9 Å². The average Bonchev–Trinajstić information content (AvgIpc) is 3.49. The van der Waals surface area contributed by atoms with Gasteiger partial charge in [0.15, 0.2) is 0 Å². The van der Waals surface area contributed by atoms with Crippen LogP contribution < -0.4 is 15.5 Å². The molecule has 5 heterocycles. The van der Waals surface area contributed by atoms with Crippen LogP contribution in [0.3, 0.4) is 0 Å². The van der Waals surface area contributed by atoms with Crippen molar-refractivity contribution in [3.63, 3.8) is 0 Å². The minimum absolute atomic E-state index is 0.0751. The number of nitrogens with one attached hydrogen (secondary N) is 2. The van der Waals surface area contributed by atoms with Gasteiger partial charge < -0.3 is 20.3 Å². The molecule has 0 bridgehead atoms. The molecule has 2 N–H and O–H groups in total. The van der Waals surface area contributed by atoms with Gasteiger partial charge in [0.2, 0.25) is 5.95 Å². The summed E-state index contributed by atoms with van der Waals surface area (Å²) in [5.74, 6) is 2.45. The third-order valence-corrected chi connectivity index (χ3v) is 10.2. The lowest BCUT2D eigenvalue weighted by atomic mass is 9.89. The van der Waals surface area contributed by atoms with E-state index in [1.165, 1.54) is 5.56 Å². The minimum atomic E-state index is -1.05. The zero-order valence-corrected chi connectivity index (χ0v) is 24.9. The van der Waals surface area contributed by atoms with Crippen LogP contribution in [0.5, 0.6) is 0 Å². The van der Waals surface area contributed by atoms with E-state index in [-0.39, 0.29) is 11.9 Å². The van der Waals surface area contributed by atoms with Gasteiger partial charge in [-0.15, -0.1) is 0 Å². The van der Waals surface area contributed by atoms with Crippen molar-refractivity contribution in [1.29, 1.82) is 0 Å². The van der Waals surface area contributed by atoms with Crippen LogP contribution in [0.1, 0.15) is 70.2 Å². The van der Waals surface area contributed by atoms with Crippen molar-refractivity contribution in [2.75, 3.05) is 42.3 Å². The van der Waals surface area contributed by atoms with Crippen LogP contribution in [0.4, 0.5) is 11.8 Å². The first-order valence-corrected chi connectivity index (χ1v) is 15.9. The molecule has 2 fully saturated rings. The standard InChI is InChI=1S/C30H39N7O3S/c1-19-25(20(2)36(3)35-19)18-31-29(38)23-6-4-21(5-7-23)22-8-13-37(14-9-22)30-33-26-12-17-41(39)27(26)28(34-30)32-24-10-15-40-16-11-24/h4-7,22,24H,8-18H2,1-3H3,(H,31,38)(H,32,33,34). The van der Waals surface area contributed by atoms with Crippen molar-refractivity contribution < 1.29 is 13.7 Å². The molecule has 1 amide bonds. The fourth-order valence-electron chi connectivity index (χ4n) is 6.12. The van der Waals surface area contributed by atoms with Crippen LogP contribution in [0, 0.1) is 13.8 Å². The highest BCUT2D eigenvalue weighted by Crippen LogP contribution is 2.34. The quantitative estimate of drug-likeness (QED) is 0.439. The molecule has 10 nitrogen and oxygen atoms in total. The predicted molar refractivity (Wildman–Crippen MR) is 159 cm³/mol. The summed E-state index contributed by atoms with van der Waals surface area (Å²) in [6, 6.07) is 8.32. The summed E-state index contributed by atoms with van der Waals surface area (Å²) in [5, 5.41) is 11.0. The Morgan fingerprint density at radius 1 is 1.07 bits per heavy atom. The summed E-state index contributed by atoms with van der Waals surface area (Å²) in [5.41, 5.74) is 5.92. The summed E-state index contributed by atoms with van der Waals surface area (Å²) in [6.45, 7) is 7.65. The predicted octanol–water partition coefficient (Wildman–Crippen LogP) is 3.40. The van der Waals surface area contributed by atoms with Crippen LogP contribution in [0.15, 0.2) is 29.2 Å². The number of benzene rings is 1. The van der Waals surface area contributed by atoms with Crippen molar-refractivity contribution in [2.45, 2.75) is 69.4 Å². The number of piperidine rings is 1.